The number of rotatable bonds is 4. The van der Waals surface area contributed by atoms with Gasteiger partial charge < -0.3 is 4.90 Å². The van der Waals surface area contributed by atoms with Crippen molar-refractivity contribution >= 4 is 33.3 Å². The van der Waals surface area contributed by atoms with Gasteiger partial charge in [-0.2, -0.15) is 9.46 Å². The van der Waals surface area contributed by atoms with Crippen LogP contribution in [0, 0.1) is 6.92 Å². The van der Waals surface area contributed by atoms with Crippen LogP contribution >= 0.6 is 11.8 Å². The molecule has 0 bridgehead atoms. The predicted molar refractivity (Wildman–Crippen MR) is 102 cm³/mol. The number of fused-ring (bicyclic) bond motifs is 1. The third kappa shape index (κ3) is 3.61. The summed E-state index contributed by atoms with van der Waals surface area (Å²) in [5.74, 6) is 0.277. The Morgan fingerprint density at radius 2 is 2.15 bits per heavy atom. The normalized spacial score (nSPS) is 16.1. The molecule has 2 aromatic heterocycles. The van der Waals surface area contributed by atoms with Crippen molar-refractivity contribution in [2.24, 2.45) is 4.36 Å². The molecule has 0 N–H and O–H groups in total. The molecule has 1 aliphatic rings. The number of aromatic nitrogens is 4. The van der Waals surface area contributed by atoms with E-state index in [1.54, 1.807) is 24.9 Å². The molecule has 0 aliphatic carbocycles. The quantitative estimate of drug-likeness (QED) is 0.579. The van der Waals surface area contributed by atoms with E-state index in [4.69, 9.17) is 0 Å². The van der Waals surface area contributed by atoms with Crippen LogP contribution in [0.15, 0.2) is 26.7 Å². The van der Waals surface area contributed by atoms with Gasteiger partial charge in [-0.1, -0.05) is 6.92 Å². The van der Waals surface area contributed by atoms with Gasteiger partial charge in [-0.15, -0.1) is 11.8 Å². The number of aryl methyl sites for hydroxylation is 1. The summed E-state index contributed by atoms with van der Waals surface area (Å²) in [6, 6.07) is 0. The Kier molecular flexibility index (Phi) is 5.33. The molecule has 26 heavy (non-hydrogen) atoms. The molecular weight excluding hydrogens is 372 g/mol. The van der Waals surface area contributed by atoms with Crippen molar-refractivity contribution in [1.29, 1.82) is 0 Å². The molecule has 1 aliphatic heterocycles. The SMILES string of the molecule is CCC(=O)N=S(C)(=O)c1cnn2c1CN(c1ncc(C)c(SC)n1)CC2. The zero-order valence-corrected chi connectivity index (χ0v) is 16.9. The van der Waals surface area contributed by atoms with Gasteiger partial charge in [-0.25, -0.2) is 14.2 Å². The highest BCUT2D eigenvalue weighted by Gasteiger charge is 2.26. The minimum Gasteiger partial charge on any atom is -0.333 e. The van der Waals surface area contributed by atoms with E-state index in [-0.39, 0.29) is 12.3 Å². The summed E-state index contributed by atoms with van der Waals surface area (Å²) in [6.07, 6.45) is 7.09. The van der Waals surface area contributed by atoms with E-state index in [0.29, 0.717) is 30.5 Å². The summed E-state index contributed by atoms with van der Waals surface area (Å²) < 4.78 is 18.7. The topological polar surface area (TPSA) is 93.3 Å². The molecule has 8 nitrogen and oxygen atoms in total. The molecule has 140 valence electrons. The lowest BCUT2D eigenvalue weighted by Crippen LogP contribution is -2.35. The van der Waals surface area contributed by atoms with E-state index >= 15 is 0 Å². The zero-order valence-electron chi connectivity index (χ0n) is 15.3. The highest BCUT2D eigenvalue weighted by molar-refractivity contribution is 7.98. The smallest absolute Gasteiger partial charge is 0.253 e. The maximum Gasteiger partial charge on any atom is 0.253 e. The van der Waals surface area contributed by atoms with Crippen LogP contribution in [0.4, 0.5) is 5.95 Å². The third-order valence-corrected chi connectivity index (χ3v) is 6.72. The van der Waals surface area contributed by atoms with Crippen LogP contribution in [0.25, 0.3) is 0 Å². The van der Waals surface area contributed by atoms with Crippen LogP contribution in [-0.2, 0) is 27.6 Å². The van der Waals surface area contributed by atoms with Crippen molar-refractivity contribution in [3.05, 3.63) is 23.7 Å². The highest BCUT2D eigenvalue weighted by Crippen LogP contribution is 2.26. The fourth-order valence-corrected chi connectivity index (χ4v) is 4.81. The van der Waals surface area contributed by atoms with E-state index in [0.717, 1.165) is 16.3 Å². The second-order valence-electron chi connectivity index (χ2n) is 6.10. The van der Waals surface area contributed by atoms with E-state index < -0.39 is 9.73 Å². The van der Waals surface area contributed by atoms with Crippen molar-refractivity contribution < 1.29 is 9.00 Å². The van der Waals surface area contributed by atoms with E-state index in [9.17, 15) is 9.00 Å². The number of carbonyl (C=O) groups excluding carboxylic acids is 1. The lowest BCUT2D eigenvalue weighted by molar-refractivity contribution is -0.117. The molecule has 10 heteroatoms. The lowest BCUT2D eigenvalue weighted by atomic mass is 10.3. The number of nitrogens with zero attached hydrogens (tertiary/aromatic N) is 6. The fourth-order valence-electron chi connectivity index (χ4n) is 2.79. The van der Waals surface area contributed by atoms with Crippen LogP contribution < -0.4 is 4.90 Å². The van der Waals surface area contributed by atoms with Crippen molar-refractivity contribution in [2.45, 2.75) is 43.3 Å². The standard InChI is InChI=1S/C16H22N6O2S2/c1-5-14(23)20-26(4,24)13-9-18-22-7-6-21(10-12(13)22)16-17-8-11(2)15(19-16)25-3/h8-9H,5-7,10H2,1-4H3. The molecule has 2 aromatic rings. The highest BCUT2D eigenvalue weighted by atomic mass is 32.2. The average molecular weight is 395 g/mol. The van der Waals surface area contributed by atoms with Crippen molar-refractivity contribution in [3.63, 3.8) is 0 Å². The van der Waals surface area contributed by atoms with Crippen LogP contribution in [0.1, 0.15) is 24.6 Å². The maximum atomic E-state index is 13.0. The molecule has 1 unspecified atom stereocenters. The third-order valence-electron chi connectivity index (χ3n) is 4.21. The van der Waals surface area contributed by atoms with Crippen LogP contribution in [0.5, 0.6) is 0 Å². The molecule has 0 spiro atoms. The number of thioether (sulfide) groups is 1. The summed E-state index contributed by atoms with van der Waals surface area (Å²) in [6.45, 7) is 5.51. The van der Waals surface area contributed by atoms with Gasteiger partial charge in [0.1, 0.15) is 5.03 Å². The Labute approximate surface area is 157 Å². The van der Waals surface area contributed by atoms with Crippen molar-refractivity contribution in [2.75, 3.05) is 24.0 Å². The Bertz CT molecular complexity index is 962. The van der Waals surface area contributed by atoms with Gasteiger partial charge in [0, 0.05) is 25.4 Å². The molecule has 3 rings (SSSR count). The molecule has 1 amide bonds. The van der Waals surface area contributed by atoms with Gasteiger partial charge >= 0.3 is 0 Å². The molecule has 0 saturated heterocycles. The van der Waals surface area contributed by atoms with Gasteiger partial charge in [0.15, 0.2) is 0 Å². The number of anilines is 1. The Hall–Kier alpha value is -1.94. The van der Waals surface area contributed by atoms with Gasteiger partial charge in [0.25, 0.3) is 5.91 Å². The average Bonchev–Trinajstić information content (AvgIpc) is 3.05. The first-order chi connectivity index (χ1) is 12.4. The zero-order chi connectivity index (χ0) is 18.9. The minimum absolute atomic E-state index is 0.231. The Morgan fingerprint density at radius 1 is 1.38 bits per heavy atom. The minimum atomic E-state index is -2.82. The molecule has 0 aromatic carbocycles. The van der Waals surface area contributed by atoms with E-state index in [1.165, 1.54) is 6.26 Å². The Balaban J connectivity index is 1.96. The number of carbonyl (C=O) groups is 1. The maximum absolute atomic E-state index is 13.0. The Morgan fingerprint density at radius 3 is 2.85 bits per heavy atom. The first kappa shape index (κ1) is 18.8. The second kappa shape index (κ2) is 7.36. The molecular formula is C16H22N6O2S2. The second-order valence-corrected chi connectivity index (χ2v) is 9.13. The molecule has 3 heterocycles. The summed E-state index contributed by atoms with van der Waals surface area (Å²) in [4.78, 5) is 23.3. The predicted octanol–water partition coefficient (Wildman–Crippen LogP) is 2.12. The van der Waals surface area contributed by atoms with E-state index in [2.05, 4.69) is 19.4 Å². The first-order valence-corrected chi connectivity index (χ1v) is 11.4. The molecule has 0 radical (unpaired) electrons. The van der Waals surface area contributed by atoms with Gasteiger partial charge in [-0.05, 0) is 18.7 Å². The van der Waals surface area contributed by atoms with Crippen LogP contribution in [0.3, 0.4) is 0 Å². The summed E-state index contributed by atoms with van der Waals surface area (Å²) >= 11 is 1.58. The lowest BCUT2D eigenvalue weighted by Gasteiger charge is -2.28. The number of hydrogen-bond acceptors (Lipinski definition) is 7. The molecule has 1 atom stereocenters. The molecule has 0 saturated carbocycles. The van der Waals surface area contributed by atoms with Gasteiger partial charge in [-0.3, -0.25) is 9.48 Å². The summed E-state index contributed by atoms with van der Waals surface area (Å²) in [7, 11) is -2.82. The number of hydrogen-bond donors (Lipinski definition) is 0. The van der Waals surface area contributed by atoms with Gasteiger partial charge in [0.05, 0.1) is 39.6 Å². The number of amides is 1. The van der Waals surface area contributed by atoms with E-state index in [1.807, 2.05) is 29.0 Å². The monoisotopic (exact) mass is 394 g/mol. The van der Waals surface area contributed by atoms with Crippen LogP contribution in [0.2, 0.25) is 0 Å². The van der Waals surface area contributed by atoms with Crippen molar-refractivity contribution in [1.82, 2.24) is 19.7 Å². The van der Waals surface area contributed by atoms with Gasteiger partial charge in [0.2, 0.25) is 5.95 Å². The fraction of sp³-hybridized carbons (Fsp3) is 0.500. The summed E-state index contributed by atoms with van der Waals surface area (Å²) in [5.41, 5.74) is 1.84. The largest absolute Gasteiger partial charge is 0.333 e. The first-order valence-electron chi connectivity index (χ1n) is 8.28. The van der Waals surface area contributed by atoms with Crippen LogP contribution in [-0.4, -0.2) is 48.9 Å². The molecule has 0 fully saturated rings. The summed E-state index contributed by atoms with van der Waals surface area (Å²) in [5, 5.41) is 5.27. The van der Waals surface area contributed by atoms with Crippen molar-refractivity contribution in [3.8, 4) is 0 Å².